The molecule has 1 aromatic heterocycles. The molecule has 3 rings (SSSR count). The zero-order valence-electron chi connectivity index (χ0n) is 8.39. The normalized spacial score (nSPS) is 18.3. The number of halogens is 1. The van der Waals surface area contributed by atoms with Gasteiger partial charge in [0.25, 0.3) is 0 Å². The third kappa shape index (κ3) is 1.82. The molecule has 0 atom stereocenters. The molecule has 2 aromatic rings. The zero-order chi connectivity index (χ0) is 10.5. The molecular formula is C12H13BrN2. The van der Waals surface area contributed by atoms with Crippen molar-refractivity contribution in [1.29, 1.82) is 0 Å². The molecule has 1 aliphatic carbocycles. The Morgan fingerprint density at radius 1 is 1.33 bits per heavy atom. The lowest BCUT2D eigenvalue weighted by molar-refractivity contribution is 0.663. The van der Waals surface area contributed by atoms with E-state index in [0.717, 1.165) is 23.7 Å². The molecule has 15 heavy (non-hydrogen) atoms. The van der Waals surface area contributed by atoms with Crippen LogP contribution in [0, 0.1) is 0 Å². The van der Waals surface area contributed by atoms with Crippen molar-refractivity contribution < 1.29 is 0 Å². The fraction of sp³-hybridized carbons (Fsp3) is 0.333. The van der Waals surface area contributed by atoms with Gasteiger partial charge in [-0.2, -0.15) is 0 Å². The number of H-pyrrole nitrogens is 1. The number of nitrogens with two attached hydrogens (primary N) is 1. The van der Waals surface area contributed by atoms with Crippen molar-refractivity contribution in [3.05, 3.63) is 34.4 Å². The summed E-state index contributed by atoms with van der Waals surface area (Å²) in [7, 11) is 0. The van der Waals surface area contributed by atoms with Gasteiger partial charge in [0.2, 0.25) is 0 Å². The van der Waals surface area contributed by atoms with Crippen molar-refractivity contribution in [2.24, 2.45) is 5.73 Å². The molecule has 0 bridgehead atoms. The van der Waals surface area contributed by atoms with Crippen LogP contribution in [0.4, 0.5) is 0 Å². The van der Waals surface area contributed by atoms with Gasteiger partial charge in [0.05, 0.1) is 0 Å². The first-order valence-corrected chi connectivity index (χ1v) is 6.00. The van der Waals surface area contributed by atoms with Crippen LogP contribution in [0.5, 0.6) is 0 Å². The van der Waals surface area contributed by atoms with Crippen LogP contribution in [-0.4, -0.2) is 10.5 Å². The summed E-state index contributed by atoms with van der Waals surface area (Å²) in [5, 5.41) is 1.25. The maximum Gasteiger partial charge on any atom is 0.0456 e. The summed E-state index contributed by atoms with van der Waals surface area (Å²) >= 11 is 3.48. The summed E-state index contributed by atoms with van der Waals surface area (Å²) < 4.78 is 1.12. The molecule has 78 valence electrons. The summed E-state index contributed by atoms with van der Waals surface area (Å²) in [4.78, 5) is 3.42. The molecule has 0 aliphatic heterocycles. The van der Waals surface area contributed by atoms with Crippen molar-refractivity contribution in [1.82, 2.24) is 4.98 Å². The van der Waals surface area contributed by atoms with E-state index >= 15 is 0 Å². The first kappa shape index (κ1) is 9.43. The fourth-order valence-corrected chi connectivity index (χ4v) is 2.35. The molecule has 3 heteroatoms. The summed E-state index contributed by atoms with van der Waals surface area (Å²) in [6.07, 6.45) is 3.29. The largest absolute Gasteiger partial charge is 0.358 e. The number of rotatable bonds is 2. The predicted molar refractivity (Wildman–Crippen MR) is 65.9 cm³/mol. The maximum atomic E-state index is 6.10. The molecule has 1 fully saturated rings. The van der Waals surface area contributed by atoms with Gasteiger partial charge < -0.3 is 10.7 Å². The zero-order valence-corrected chi connectivity index (χ0v) is 9.97. The number of nitrogens with one attached hydrogen (secondary N) is 1. The lowest BCUT2D eigenvalue weighted by atomic mass is 10.1. The van der Waals surface area contributed by atoms with E-state index in [1.807, 2.05) is 0 Å². The Balaban J connectivity index is 1.99. The fourth-order valence-electron chi connectivity index (χ4n) is 1.98. The number of aromatic amines is 1. The van der Waals surface area contributed by atoms with Crippen LogP contribution in [0.1, 0.15) is 18.5 Å². The van der Waals surface area contributed by atoms with Crippen LogP contribution in [0.15, 0.2) is 28.7 Å². The minimum atomic E-state index is 0.0815. The van der Waals surface area contributed by atoms with Crippen molar-refractivity contribution in [3.63, 3.8) is 0 Å². The second-order valence-electron chi connectivity index (χ2n) is 4.57. The van der Waals surface area contributed by atoms with Gasteiger partial charge >= 0.3 is 0 Å². The van der Waals surface area contributed by atoms with E-state index in [-0.39, 0.29) is 5.54 Å². The van der Waals surface area contributed by atoms with Crippen LogP contribution < -0.4 is 5.73 Å². The molecular weight excluding hydrogens is 252 g/mol. The molecule has 0 amide bonds. The highest BCUT2D eigenvalue weighted by molar-refractivity contribution is 9.10. The Labute approximate surface area is 97.0 Å². The minimum absolute atomic E-state index is 0.0815. The molecule has 1 aromatic carbocycles. The second-order valence-corrected chi connectivity index (χ2v) is 5.48. The van der Waals surface area contributed by atoms with Crippen LogP contribution in [0.3, 0.4) is 0 Å². The van der Waals surface area contributed by atoms with Gasteiger partial charge in [-0.05, 0) is 37.1 Å². The lowest BCUT2D eigenvalue weighted by Crippen LogP contribution is -2.24. The Kier molecular flexibility index (Phi) is 1.94. The van der Waals surface area contributed by atoms with Gasteiger partial charge in [-0.1, -0.05) is 15.9 Å². The van der Waals surface area contributed by atoms with Gasteiger partial charge in [0.1, 0.15) is 0 Å². The van der Waals surface area contributed by atoms with Crippen molar-refractivity contribution in [2.45, 2.75) is 24.8 Å². The molecule has 2 nitrogen and oxygen atoms in total. The Bertz CT molecular complexity index is 511. The van der Waals surface area contributed by atoms with Crippen molar-refractivity contribution >= 4 is 26.8 Å². The molecule has 1 aliphatic rings. The predicted octanol–water partition coefficient (Wildman–Crippen LogP) is 2.96. The van der Waals surface area contributed by atoms with E-state index in [4.69, 9.17) is 5.73 Å². The number of hydrogen-bond acceptors (Lipinski definition) is 1. The number of hydrogen-bond donors (Lipinski definition) is 2. The van der Waals surface area contributed by atoms with E-state index in [0.29, 0.717) is 0 Å². The van der Waals surface area contributed by atoms with Crippen LogP contribution in [0.25, 0.3) is 10.9 Å². The summed E-state index contributed by atoms with van der Waals surface area (Å²) in [6.45, 7) is 0. The van der Waals surface area contributed by atoms with E-state index < -0.39 is 0 Å². The smallest absolute Gasteiger partial charge is 0.0456 e. The molecule has 0 radical (unpaired) electrons. The highest BCUT2D eigenvalue weighted by Gasteiger charge is 2.38. The highest BCUT2D eigenvalue weighted by Crippen LogP contribution is 2.36. The minimum Gasteiger partial charge on any atom is -0.358 e. The van der Waals surface area contributed by atoms with Gasteiger partial charge in [-0.3, -0.25) is 0 Å². The molecule has 0 unspecified atom stereocenters. The number of fused-ring (bicyclic) bond motifs is 1. The molecule has 3 N–H and O–H groups in total. The van der Waals surface area contributed by atoms with Gasteiger partial charge in [0.15, 0.2) is 0 Å². The third-order valence-electron chi connectivity index (χ3n) is 3.07. The van der Waals surface area contributed by atoms with Gasteiger partial charge in [-0.25, -0.2) is 0 Å². The highest BCUT2D eigenvalue weighted by atomic mass is 79.9. The van der Waals surface area contributed by atoms with Crippen LogP contribution in [-0.2, 0) is 6.42 Å². The average Bonchev–Trinajstić information content (AvgIpc) is 2.76. The van der Waals surface area contributed by atoms with Gasteiger partial charge in [0, 0.05) is 33.0 Å². The maximum absolute atomic E-state index is 6.10. The average molecular weight is 265 g/mol. The van der Waals surface area contributed by atoms with E-state index in [1.54, 1.807) is 0 Å². The summed E-state index contributed by atoms with van der Waals surface area (Å²) in [6, 6.07) is 8.48. The first-order chi connectivity index (χ1) is 7.15. The summed E-state index contributed by atoms with van der Waals surface area (Å²) in [5.41, 5.74) is 8.63. The molecule has 1 heterocycles. The van der Waals surface area contributed by atoms with Crippen LogP contribution in [0.2, 0.25) is 0 Å². The lowest BCUT2D eigenvalue weighted by Gasteiger charge is -2.04. The molecule has 1 saturated carbocycles. The topological polar surface area (TPSA) is 41.8 Å². The SMILES string of the molecule is NC1(Cc2cc3cc(Br)ccc3[nH]2)CC1. The Morgan fingerprint density at radius 3 is 2.87 bits per heavy atom. The van der Waals surface area contributed by atoms with E-state index in [9.17, 15) is 0 Å². The third-order valence-corrected chi connectivity index (χ3v) is 3.57. The van der Waals surface area contributed by atoms with Gasteiger partial charge in [-0.15, -0.1) is 0 Å². The number of benzene rings is 1. The van der Waals surface area contributed by atoms with E-state index in [1.165, 1.54) is 16.6 Å². The second kappa shape index (κ2) is 3.09. The Morgan fingerprint density at radius 2 is 2.13 bits per heavy atom. The van der Waals surface area contributed by atoms with Crippen molar-refractivity contribution in [2.75, 3.05) is 0 Å². The quantitative estimate of drug-likeness (QED) is 0.861. The first-order valence-electron chi connectivity index (χ1n) is 5.21. The Hall–Kier alpha value is -0.800. The standard InChI is InChI=1S/C12H13BrN2/c13-9-1-2-11-8(5-9)6-10(15-11)7-12(14)3-4-12/h1-2,5-6,15H,3-4,7,14H2. The van der Waals surface area contributed by atoms with Crippen LogP contribution >= 0.6 is 15.9 Å². The molecule has 0 saturated heterocycles. The van der Waals surface area contributed by atoms with Crippen molar-refractivity contribution in [3.8, 4) is 0 Å². The monoisotopic (exact) mass is 264 g/mol. The summed E-state index contributed by atoms with van der Waals surface area (Å²) in [5.74, 6) is 0. The number of aromatic nitrogens is 1. The van der Waals surface area contributed by atoms with E-state index in [2.05, 4.69) is 45.2 Å². The molecule has 0 spiro atoms.